The summed E-state index contributed by atoms with van der Waals surface area (Å²) < 4.78 is 12.7. The van der Waals surface area contributed by atoms with Crippen LogP contribution in [0, 0.1) is 0 Å². The molecule has 13 heteroatoms. The third-order valence-corrected chi connectivity index (χ3v) is 7.50. The van der Waals surface area contributed by atoms with Gasteiger partial charge < -0.3 is 25.2 Å². The average Bonchev–Trinajstić information content (AvgIpc) is 3.28. The number of ether oxygens (including phenoxy) is 2. The van der Waals surface area contributed by atoms with E-state index < -0.39 is 33.5 Å². The van der Waals surface area contributed by atoms with Crippen LogP contribution in [0.1, 0.15) is 26.0 Å². The van der Waals surface area contributed by atoms with Crippen LogP contribution in [0.4, 0.5) is 5.95 Å². The highest BCUT2D eigenvalue weighted by molar-refractivity contribution is 8.00. The van der Waals surface area contributed by atoms with Crippen molar-refractivity contribution in [2.75, 3.05) is 32.0 Å². The number of morpholine rings is 1. The summed E-state index contributed by atoms with van der Waals surface area (Å²) in [5.41, 5.74) is 4.68. The number of aliphatic hydroxyl groups excluding tert-OH is 1. The lowest BCUT2D eigenvalue weighted by Gasteiger charge is -2.28. The van der Waals surface area contributed by atoms with E-state index >= 15 is 0 Å². The Morgan fingerprint density at radius 2 is 2.13 bits per heavy atom. The van der Waals surface area contributed by atoms with E-state index in [-0.39, 0.29) is 28.6 Å². The van der Waals surface area contributed by atoms with E-state index in [1.54, 1.807) is 4.90 Å². The molecule has 4 N–H and O–H groups in total. The molecule has 4 atom stereocenters. The summed E-state index contributed by atoms with van der Waals surface area (Å²) in [5, 5.41) is 9.87. The number of amides is 1. The number of thioether (sulfide) groups is 1. The summed E-state index contributed by atoms with van der Waals surface area (Å²) in [6.45, 7) is 3.82. The second-order valence-corrected chi connectivity index (χ2v) is 9.39. The molecule has 4 heterocycles. The molecule has 1 unspecified atom stereocenters. The van der Waals surface area contributed by atoms with Crippen molar-refractivity contribution in [2.45, 2.75) is 42.8 Å². The quantitative estimate of drug-likeness (QED) is 0.549. The lowest BCUT2D eigenvalue weighted by Crippen LogP contribution is -2.42. The molecular formula is C17H23N5O6S2. The Morgan fingerprint density at radius 1 is 1.40 bits per heavy atom. The third kappa shape index (κ3) is 3.99. The maximum Gasteiger partial charge on any atom is 0.311 e. The second-order valence-electron chi connectivity index (χ2n) is 7.08. The first-order chi connectivity index (χ1) is 14.4. The minimum absolute atomic E-state index is 0.0751. The van der Waals surface area contributed by atoms with Crippen molar-refractivity contribution < 1.29 is 19.4 Å². The Morgan fingerprint density at radius 3 is 2.83 bits per heavy atom. The van der Waals surface area contributed by atoms with Gasteiger partial charge in [-0.2, -0.15) is 4.98 Å². The van der Waals surface area contributed by atoms with Crippen molar-refractivity contribution in [1.29, 1.82) is 0 Å². The number of aliphatic hydroxyl groups is 1. The molecule has 2 aromatic heterocycles. The largest absolute Gasteiger partial charge is 0.390 e. The maximum atomic E-state index is 12.8. The molecule has 30 heavy (non-hydrogen) atoms. The number of thiazole rings is 1. The van der Waals surface area contributed by atoms with Gasteiger partial charge in [0.15, 0.2) is 11.9 Å². The minimum Gasteiger partial charge on any atom is -0.390 e. The monoisotopic (exact) mass is 457 g/mol. The van der Waals surface area contributed by atoms with Crippen molar-refractivity contribution in [2.24, 2.45) is 0 Å². The Bertz CT molecular complexity index is 1050. The molecular weight excluding hydrogens is 434 g/mol. The smallest absolute Gasteiger partial charge is 0.311 e. The van der Waals surface area contributed by atoms with Crippen molar-refractivity contribution >= 4 is 45.3 Å². The van der Waals surface area contributed by atoms with Gasteiger partial charge >= 0.3 is 4.87 Å². The number of hydrogen-bond acceptors (Lipinski definition) is 10. The zero-order valence-corrected chi connectivity index (χ0v) is 17.9. The molecule has 2 saturated heterocycles. The van der Waals surface area contributed by atoms with Crippen LogP contribution >= 0.6 is 23.1 Å². The van der Waals surface area contributed by atoms with Crippen LogP contribution in [0.3, 0.4) is 0 Å². The normalized spacial score (nSPS) is 25.7. The van der Waals surface area contributed by atoms with E-state index in [1.165, 1.54) is 16.3 Å². The number of carbonyl (C=O) groups excluding carboxylic acids is 1. The molecule has 0 bridgehead atoms. The van der Waals surface area contributed by atoms with Gasteiger partial charge in [-0.05, 0) is 6.42 Å². The number of nitrogen functional groups attached to an aromatic ring is 1. The Balaban J connectivity index is 1.69. The number of rotatable bonds is 5. The summed E-state index contributed by atoms with van der Waals surface area (Å²) in [5.74, 6) is -0.190. The average molecular weight is 458 g/mol. The molecule has 2 aliphatic heterocycles. The van der Waals surface area contributed by atoms with E-state index in [1.807, 2.05) is 6.92 Å². The maximum absolute atomic E-state index is 12.8. The molecule has 0 aromatic carbocycles. The number of anilines is 1. The molecule has 11 nitrogen and oxygen atoms in total. The predicted molar refractivity (Wildman–Crippen MR) is 113 cm³/mol. The summed E-state index contributed by atoms with van der Waals surface area (Å²) >= 11 is 2.06. The highest BCUT2D eigenvalue weighted by Crippen LogP contribution is 2.43. The van der Waals surface area contributed by atoms with E-state index in [2.05, 4.69) is 9.97 Å². The summed E-state index contributed by atoms with van der Waals surface area (Å²) in [4.78, 5) is 45.6. The SMILES string of the molecule is CC[C@H](O)C1O[C@@H](n2c(=O)sc3c(=O)[nH]c(N)nc32)[C@H](CC(=O)N2CCOCC2)S1. The van der Waals surface area contributed by atoms with Gasteiger partial charge in [0.25, 0.3) is 5.56 Å². The lowest BCUT2D eigenvalue weighted by atomic mass is 10.2. The van der Waals surface area contributed by atoms with E-state index in [9.17, 15) is 19.5 Å². The first kappa shape index (κ1) is 21.3. The van der Waals surface area contributed by atoms with Gasteiger partial charge in [-0.15, -0.1) is 11.8 Å². The molecule has 2 aliphatic rings. The molecule has 0 saturated carbocycles. The van der Waals surface area contributed by atoms with Gasteiger partial charge in [0, 0.05) is 19.5 Å². The molecule has 164 valence electrons. The fourth-order valence-electron chi connectivity index (χ4n) is 3.53. The number of fused-ring (bicyclic) bond motifs is 1. The summed E-state index contributed by atoms with van der Waals surface area (Å²) in [6, 6.07) is 0. The fraction of sp³-hybridized carbons (Fsp3) is 0.647. The topological polar surface area (TPSA) is 153 Å². The Labute approximate surface area is 179 Å². The minimum atomic E-state index is -0.860. The summed E-state index contributed by atoms with van der Waals surface area (Å²) in [6.07, 6.45) is -1.05. The van der Waals surface area contributed by atoms with Gasteiger partial charge in [0.05, 0.1) is 24.6 Å². The van der Waals surface area contributed by atoms with Crippen LogP contribution in [0.5, 0.6) is 0 Å². The van der Waals surface area contributed by atoms with Crippen LogP contribution in [-0.2, 0) is 14.3 Å². The van der Waals surface area contributed by atoms with Crippen molar-refractivity contribution in [3.63, 3.8) is 0 Å². The van der Waals surface area contributed by atoms with Crippen LogP contribution in [0.2, 0.25) is 0 Å². The third-order valence-electron chi connectivity index (χ3n) is 5.12. The highest BCUT2D eigenvalue weighted by Gasteiger charge is 2.43. The second kappa shape index (κ2) is 8.67. The molecule has 1 amide bonds. The number of nitrogens with two attached hydrogens (primary N) is 1. The van der Waals surface area contributed by atoms with Gasteiger partial charge in [0.2, 0.25) is 11.9 Å². The molecule has 0 spiro atoms. The van der Waals surface area contributed by atoms with Crippen molar-refractivity contribution in [3.05, 3.63) is 20.0 Å². The molecule has 0 aliphatic carbocycles. The van der Waals surface area contributed by atoms with E-state index in [0.717, 1.165) is 11.3 Å². The Kier molecular flexibility index (Phi) is 6.16. The van der Waals surface area contributed by atoms with Crippen LogP contribution in [0.25, 0.3) is 10.3 Å². The number of nitrogens with zero attached hydrogens (tertiary/aromatic N) is 3. The lowest BCUT2D eigenvalue weighted by molar-refractivity contribution is -0.136. The van der Waals surface area contributed by atoms with Crippen LogP contribution in [0.15, 0.2) is 9.59 Å². The van der Waals surface area contributed by atoms with Crippen LogP contribution in [-0.4, -0.2) is 73.5 Å². The highest BCUT2D eigenvalue weighted by atomic mass is 32.2. The number of nitrogens with one attached hydrogen (secondary N) is 1. The van der Waals surface area contributed by atoms with Crippen molar-refractivity contribution in [3.8, 4) is 0 Å². The molecule has 0 radical (unpaired) electrons. The van der Waals surface area contributed by atoms with Crippen LogP contribution < -0.4 is 16.2 Å². The molecule has 4 rings (SSSR count). The van der Waals surface area contributed by atoms with E-state index in [4.69, 9.17) is 15.2 Å². The fourth-order valence-corrected chi connectivity index (χ4v) is 5.83. The summed E-state index contributed by atoms with van der Waals surface area (Å²) in [7, 11) is 0. The van der Waals surface area contributed by atoms with Gasteiger partial charge in [-0.3, -0.25) is 23.9 Å². The van der Waals surface area contributed by atoms with Crippen molar-refractivity contribution in [1.82, 2.24) is 19.4 Å². The van der Waals surface area contributed by atoms with Gasteiger partial charge in [-0.1, -0.05) is 18.3 Å². The number of hydrogen-bond donors (Lipinski definition) is 3. The molecule has 2 aromatic rings. The zero-order chi connectivity index (χ0) is 21.4. The first-order valence-electron chi connectivity index (χ1n) is 9.64. The van der Waals surface area contributed by atoms with Gasteiger partial charge in [-0.25, -0.2) is 0 Å². The Hall–Kier alpha value is -1.93. The number of aromatic amines is 1. The molecule has 2 fully saturated rings. The van der Waals surface area contributed by atoms with Gasteiger partial charge in [0.1, 0.15) is 10.1 Å². The number of H-pyrrole nitrogens is 1. The van der Waals surface area contributed by atoms with E-state index in [0.29, 0.717) is 32.7 Å². The number of aromatic nitrogens is 3. The zero-order valence-electron chi connectivity index (χ0n) is 16.3. The standard InChI is InChI=1S/C17H23N5O6S2/c1-2-8(23)15-28-14(9(29-15)7-10(24)21-3-5-27-6-4-21)22-12-11(30-17(22)26)13(25)20-16(18)19-12/h8-9,14-15,23H,2-7H2,1H3,(H3,18,19,20,25)/t8-,9-,14+,15?/m0/s1. The first-order valence-corrected chi connectivity index (χ1v) is 11.4. The number of carbonyl (C=O) groups is 1. The predicted octanol–water partition coefficient (Wildman–Crippen LogP) is -0.295.